The van der Waals surface area contributed by atoms with Gasteiger partial charge in [0, 0.05) is 12.7 Å². The zero-order valence-electron chi connectivity index (χ0n) is 13.4. The van der Waals surface area contributed by atoms with Crippen LogP contribution in [0.1, 0.15) is 63.6 Å². The number of rotatable bonds is 4. The summed E-state index contributed by atoms with van der Waals surface area (Å²) in [4.78, 5) is 2.53. The van der Waals surface area contributed by atoms with E-state index in [0.29, 0.717) is 11.5 Å². The molecule has 0 radical (unpaired) electrons. The maximum absolute atomic E-state index is 5.89. The average Bonchev–Trinajstić information content (AvgIpc) is 2.99. The first-order valence-electron chi connectivity index (χ1n) is 8.65. The second kappa shape index (κ2) is 6.49. The number of hydrogen-bond donors (Lipinski definition) is 1. The van der Waals surface area contributed by atoms with Crippen molar-refractivity contribution < 1.29 is 0 Å². The highest BCUT2D eigenvalue weighted by Gasteiger charge is 2.28. The second-order valence-corrected chi connectivity index (χ2v) is 7.37. The number of piperidine rings is 1. The monoisotopic (exact) mass is 290 g/mol. The summed E-state index contributed by atoms with van der Waals surface area (Å²) in [7, 11) is 0. The van der Waals surface area contributed by atoms with Crippen molar-refractivity contribution in [3.8, 4) is 0 Å². The lowest BCUT2D eigenvalue weighted by atomic mass is 9.80. The predicted octanol–water partition coefficient (Wildman–Crippen LogP) is 2.95. The largest absolute Gasteiger partial charge is 0.330 e. The Hall–Kier alpha value is -0.870. The maximum Gasteiger partial charge on any atom is 0.0764 e. The SMILES string of the molecule is CC1(CN)CCN(Cc2ccn(C3CCCCC3)n2)CC1. The Labute approximate surface area is 128 Å². The van der Waals surface area contributed by atoms with Gasteiger partial charge in [0.25, 0.3) is 0 Å². The molecule has 1 aliphatic heterocycles. The zero-order chi connectivity index (χ0) is 14.7. The molecule has 0 spiro atoms. The molecule has 1 aromatic rings. The molecule has 21 heavy (non-hydrogen) atoms. The van der Waals surface area contributed by atoms with Gasteiger partial charge in [0.15, 0.2) is 0 Å². The molecular formula is C17H30N4. The third-order valence-corrected chi connectivity index (χ3v) is 5.55. The summed E-state index contributed by atoms with van der Waals surface area (Å²) in [5.74, 6) is 0. The molecule has 1 aliphatic carbocycles. The minimum absolute atomic E-state index is 0.359. The van der Waals surface area contributed by atoms with Crippen LogP contribution in [0.25, 0.3) is 0 Å². The first-order valence-corrected chi connectivity index (χ1v) is 8.65. The van der Waals surface area contributed by atoms with E-state index in [0.717, 1.165) is 26.2 Å². The zero-order valence-corrected chi connectivity index (χ0v) is 13.4. The fraction of sp³-hybridized carbons (Fsp3) is 0.824. The summed E-state index contributed by atoms with van der Waals surface area (Å²) in [5, 5.41) is 4.83. The van der Waals surface area contributed by atoms with Crippen LogP contribution in [0, 0.1) is 5.41 Å². The molecule has 2 fully saturated rings. The van der Waals surface area contributed by atoms with E-state index in [1.165, 1.54) is 50.6 Å². The van der Waals surface area contributed by atoms with Crippen molar-refractivity contribution in [2.24, 2.45) is 11.1 Å². The van der Waals surface area contributed by atoms with E-state index in [2.05, 4.69) is 28.8 Å². The van der Waals surface area contributed by atoms with Crippen molar-refractivity contribution in [2.75, 3.05) is 19.6 Å². The molecule has 4 heteroatoms. The van der Waals surface area contributed by atoms with E-state index >= 15 is 0 Å². The Morgan fingerprint density at radius 2 is 1.95 bits per heavy atom. The summed E-state index contributed by atoms with van der Waals surface area (Å²) in [6.07, 6.45) is 11.4. The van der Waals surface area contributed by atoms with E-state index in [1.807, 2.05) is 0 Å². The molecule has 0 atom stereocenters. The molecule has 2 aliphatic rings. The number of likely N-dealkylation sites (tertiary alicyclic amines) is 1. The van der Waals surface area contributed by atoms with Gasteiger partial charge in [-0.1, -0.05) is 26.2 Å². The van der Waals surface area contributed by atoms with Crippen LogP contribution in [-0.2, 0) is 6.54 Å². The molecule has 1 saturated heterocycles. The van der Waals surface area contributed by atoms with Crippen molar-refractivity contribution in [3.63, 3.8) is 0 Å². The quantitative estimate of drug-likeness (QED) is 0.927. The molecule has 3 rings (SSSR count). The lowest BCUT2D eigenvalue weighted by Crippen LogP contribution is -2.41. The van der Waals surface area contributed by atoms with E-state index < -0.39 is 0 Å². The summed E-state index contributed by atoms with van der Waals surface area (Å²) < 4.78 is 2.22. The third kappa shape index (κ3) is 3.67. The van der Waals surface area contributed by atoms with Crippen LogP contribution in [0.2, 0.25) is 0 Å². The van der Waals surface area contributed by atoms with Gasteiger partial charge in [-0.15, -0.1) is 0 Å². The Kier molecular flexibility index (Phi) is 4.65. The van der Waals surface area contributed by atoms with Crippen LogP contribution < -0.4 is 5.73 Å². The number of nitrogens with two attached hydrogens (primary N) is 1. The summed E-state index contributed by atoms with van der Waals surface area (Å²) >= 11 is 0. The van der Waals surface area contributed by atoms with Gasteiger partial charge in [-0.3, -0.25) is 9.58 Å². The average molecular weight is 290 g/mol. The Morgan fingerprint density at radius 1 is 1.24 bits per heavy atom. The first-order chi connectivity index (χ1) is 10.2. The molecule has 0 aromatic carbocycles. The Morgan fingerprint density at radius 3 is 2.62 bits per heavy atom. The highest BCUT2D eigenvalue weighted by atomic mass is 15.3. The molecule has 2 N–H and O–H groups in total. The van der Waals surface area contributed by atoms with Gasteiger partial charge in [0.05, 0.1) is 11.7 Å². The van der Waals surface area contributed by atoms with Crippen LogP contribution in [-0.4, -0.2) is 34.3 Å². The van der Waals surface area contributed by atoms with Gasteiger partial charge in [0.2, 0.25) is 0 Å². The van der Waals surface area contributed by atoms with Gasteiger partial charge in [-0.25, -0.2) is 0 Å². The lowest BCUT2D eigenvalue weighted by molar-refractivity contribution is 0.117. The van der Waals surface area contributed by atoms with E-state index in [-0.39, 0.29) is 0 Å². The van der Waals surface area contributed by atoms with Gasteiger partial charge in [-0.05, 0) is 56.8 Å². The molecule has 0 bridgehead atoms. The van der Waals surface area contributed by atoms with Crippen molar-refractivity contribution in [3.05, 3.63) is 18.0 Å². The standard InChI is InChI=1S/C17H30N4/c1-17(14-18)8-11-20(12-9-17)13-15-7-10-21(19-15)16-5-3-2-4-6-16/h7,10,16H,2-6,8-9,11-14,18H2,1H3. The van der Waals surface area contributed by atoms with Gasteiger partial charge in [0.1, 0.15) is 0 Å². The van der Waals surface area contributed by atoms with Crippen LogP contribution in [0.15, 0.2) is 12.3 Å². The fourth-order valence-corrected chi connectivity index (χ4v) is 3.69. The fourth-order valence-electron chi connectivity index (χ4n) is 3.69. The lowest BCUT2D eigenvalue weighted by Gasteiger charge is -2.38. The third-order valence-electron chi connectivity index (χ3n) is 5.55. The Balaban J connectivity index is 1.53. The molecule has 118 valence electrons. The Bertz CT molecular complexity index is 439. The van der Waals surface area contributed by atoms with Crippen molar-refractivity contribution in [1.82, 2.24) is 14.7 Å². The van der Waals surface area contributed by atoms with Crippen LogP contribution in [0.4, 0.5) is 0 Å². The van der Waals surface area contributed by atoms with Gasteiger partial charge in [-0.2, -0.15) is 5.10 Å². The summed E-state index contributed by atoms with van der Waals surface area (Å²) in [6, 6.07) is 2.86. The van der Waals surface area contributed by atoms with Crippen LogP contribution in [0.3, 0.4) is 0 Å². The molecular weight excluding hydrogens is 260 g/mol. The molecule has 2 heterocycles. The molecule has 0 unspecified atom stereocenters. The number of aromatic nitrogens is 2. The number of nitrogens with zero attached hydrogens (tertiary/aromatic N) is 3. The molecule has 1 saturated carbocycles. The highest BCUT2D eigenvalue weighted by Crippen LogP contribution is 2.30. The molecule has 0 amide bonds. The molecule has 4 nitrogen and oxygen atoms in total. The van der Waals surface area contributed by atoms with Crippen molar-refractivity contribution >= 4 is 0 Å². The normalized spacial score (nSPS) is 24.3. The van der Waals surface area contributed by atoms with Gasteiger partial charge >= 0.3 is 0 Å². The van der Waals surface area contributed by atoms with E-state index in [1.54, 1.807) is 0 Å². The molecule has 1 aromatic heterocycles. The van der Waals surface area contributed by atoms with Crippen LogP contribution in [0.5, 0.6) is 0 Å². The first kappa shape index (κ1) is 15.0. The number of hydrogen-bond acceptors (Lipinski definition) is 3. The van der Waals surface area contributed by atoms with Gasteiger partial charge < -0.3 is 5.73 Å². The second-order valence-electron chi connectivity index (χ2n) is 7.37. The van der Waals surface area contributed by atoms with Crippen molar-refractivity contribution in [2.45, 2.75) is 64.5 Å². The van der Waals surface area contributed by atoms with Crippen molar-refractivity contribution in [1.29, 1.82) is 0 Å². The smallest absolute Gasteiger partial charge is 0.0764 e. The predicted molar refractivity (Wildman–Crippen MR) is 86.0 cm³/mol. The topological polar surface area (TPSA) is 47.1 Å². The minimum atomic E-state index is 0.359. The minimum Gasteiger partial charge on any atom is -0.330 e. The van der Waals surface area contributed by atoms with E-state index in [4.69, 9.17) is 10.8 Å². The van der Waals surface area contributed by atoms with Crippen LogP contribution >= 0.6 is 0 Å². The summed E-state index contributed by atoms with van der Waals surface area (Å²) in [5.41, 5.74) is 7.48. The highest BCUT2D eigenvalue weighted by molar-refractivity contribution is 5.01. The maximum atomic E-state index is 5.89. The summed E-state index contributed by atoms with van der Waals surface area (Å²) in [6.45, 7) is 6.45. The van der Waals surface area contributed by atoms with E-state index in [9.17, 15) is 0 Å².